The summed E-state index contributed by atoms with van der Waals surface area (Å²) in [5.41, 5.74) is 0.404. The zero-order valence-corrected chi connectivity index (χ0v) is 9.99. The number of aromatic nitrogens is 3. The lowest BCUT2D eigenvalue weighted by atomic mass is 10.3. The first-order chi connectivity index (χ1) is 9.06. The highest BCUT2D eigenvalue weighted by molar-refractivity contribution is 6.03. The Hall–Kier alpha value is -2.90. The molecule has 0 radical (unpaired) electrons. The van der Waals surface area contributed by atoms with E-state index in [1.54, 1.807) is 13.2 Å². The van der Waals surface area contributed by atoms with Crippen LogP contribution in [0.2, 0.25) is 0 Å². The smallest absolute Gasteiger partial charge is 0.356 e. The normalized spacial score (nSPS) is 9.95. The number of nitrogens with one attached hydrogen (secondary N) is 2. The summed E-state index contributed by atoms with van der Waals surface area (Å²) in [4.78, 5) is 26.3. The average molecular weight is 261 g/mol. The molecule has 3 N–H and O–H groups in total. The molecule has 0 unspecified atom stereocenters. The molecule has 0 aliphatic rings. The molecule has 8 heteroatoms. The number of amides is 2. The lowest BCUT2D eigenvalue weighted by molar-refractivity contribution is 0.0692. The zero-order valence-electron chi connectivity index (χ0n) is 9.99. The van der Waals surface area contributed by atoms with Crippen LogP contribution in [0.4, 0.5) is 16.2 Å². The first kappa shape index (κ1) is 12.6. The second-order valence-electron chi connectivity index (χ2n) is 3.69. The van der Waals surface area contributed by atoms with Gasteiger partial charge in [0.05, 0.1) is 17.6 Å². The largest absolute Gasteiger partial charge is 0.476 e. The molecule has 0 saturated carbocycles. The van der Waals surface area contributed by atoms with Gasteiger partial charge in [-0.2, -0.15) is 5.10 Å². The highest BCUT2D eigenvalue weighted by atomic mass is 16.4. The average Bonchev–Trinajstić information content (AvgIpc) is 2.75. The fourth-order valence-corrected chi connectivity index (χ4v) is 1.45. The Labute approximate surface area is 108 Å². The molecule has 0 atom stereocenters. The Balaban J connectivity index is 2.09. The number of carbonyl (C=O) groups excluding carboxylic acids is 1. The van der Waals surface area contributed by atoms with Gasteiger partial charge in [0, 0.05) is 19.4 Å². The minimum atomic E-state index is -1.21. The number of carbonyl (C=O) groups is 2. The van der Waals surface area contributed by atoms with E-state index in [4.69, 9.17) is 5.11 Å². The van der Waals surface area contributed by atoms with Crippen molar-refractivity contribution in [2.24, 2.45) is 7.05 Å². The maximum atomic E-state index is 11.7. The number of anilines is 2. The third-order valence-corrected chi connectivity index (χ3v) is 2.22. The van der Waals surface area contributed by atoms with Crippen LogP contribution in [0.5, 0.6) is 0 Å². The molecule has 2 amide bonds. The Morgan fingerprint density at radius 3 is 2.79 bits per heavy atom. The summed E-state index contributed by atoms with van der Waals surface area (Å²) in [6.07, 6.45) is 4.43. The number of hydrogen-bond donors (Lipinski definition) is 3. The molecule has 2 aromatic heterocycles. The van der Waals surface area contributed by atoms with Crippen molar-refractivity contribution in [2.75, 3.05) is 10.6 Å². The molecular weight excluding hydrogens is 250 g/mol. The first-order valence-electron chi connectivity index (χ1n) is 5.31. The monoisotopic (exact) mass is 261 g/mol. The standard InChI is InChI=1S/C11H11N5O3/c1-16-6-7(5-13-16)14-11(19)15-8-3-2-4-12-9(8)10(17)18/h2-6H,1H3,(H,17,18)(H2,14,15,19). The zero-order chi connectivity index (χ0) is 13.8. The van der Waals surface area contributed by atoms with Crippen LogP contribution in [0.1, 0.15) is 10.5 Å². The maximum Gasteiger partial charge on any atom is 0.356 e. The molecule has 0 aliphatic heterocycles. The van der Waals surface area contributed by atoms with Crippen molar-refractivity contribution in [2.45, 2.75) is 0 Å². The Bertz CT molecular complexity index is 622. The van der Waals surface area contributed by atoms with E-state index in [9.17, 15) is 9.59 Å². The highest BCUT2D eigenvalue weighted by Gasteiger charge is 2.13. The van der Waals surface area contributed by atoms with Crippen LogP contribution in [0.3, 0.4) is 0 Å². The quantitative estimate of drug-likeness (QED) is 0.768. The van der Waals surface area contributed by atoms with Crippen molar-refractivity contribution in [3.8, 4) is 0 Å². The van der Waals surface area contributed by atoms with E-state index in [0.29, 0.717) is 5.69 Å². The molecule has 98 valence electrons. The predicted octanol–water partition coefficient (Wildman–Crippen LogP) is 1.16. The van der Waals surface area contributed by atoms with Crippen LogP contribution in [0.15, 0.2) is 30.7 Å². The third-order valence-electron chi connectivity index (χ3n) is 2.22. The van der Waals surface area contributed by atoms with Gasteiger partial charge in [0.15, 0.2) is 5.69 Å². The molecule has 19 heavy (non-hydrogen) atoms. The predicted molar refractivity (Wildman–Crippen MR) is 67.0 cm³/mol. The van der Waals surface area contributed by atoms with Gasteiger partial charge in [-0.3, -0.25) is 4.68 Å². The molecule has 2 heterocycles. The van der Waals surface area contributed by atoms with E-state index in [2.05, 4.69) is 20.7 Å². The second-order valence-corrected chi connectivity index (χ2v) is 3.69. The maximum absolute atomic E-state index is 11.7. The van der Waals surface area contributed by atoms with Gasteiger partial charge in [0.1, 0.15) is 0 Å². The number of pyridine rings is 1. The fraction of sp³-hybridized carbons (Fsp3) is 0.0909. The van der Waals surface area contributed by atoms with Gasteiger partial charge in [-0.25, -0.2) is 14.6 Å². The van der Waals surface area contributed by atoms with Gasteiger partial charge in [0.25, 0.3) is 0 Å². The molecular formula is C11H11N5O3. The van der Waals surface area contributed by atoms with Crippen molar-refractivity contribution < 1.29 is 14.7 Å². The first-order valence-corrected chi connectivity index (χ1v) is 5.31. The fourth-order valence-electron chi connectivity index (χ4n) is 1.45. The minimum Gasteiger partial charge on any atom is -0.476 e. The number of carboxylic acid groups (broad SMARTS) is 1. The molecule has 0 bridgehead atoms. The van der Waals surface area contributed by atoms with Crippen molar-refractivity contribution in [1.82, 2.24) is 14.8 Å². The lowest BCUT2D eigenvalue weighted by Crippen LogP contribution is -2.21. The molecule has 2 rings (SSSR count). The third kappa shape index (κ3) is 3.06. The van der Waals surface area contributed by atoms with Gasteiger partial charge in [-0.15, -0.1) is 0 Å². The summed E-state index contributed by atoms with van der Waals surface area (Å²) in [6, 6.07) is 2.43. The number of carboxylic acids is 1. The molecule has 0 aromatic carbocycles. The van der Waals surface area contributed by atoms with Crippen LogP contribution in [0, 0.1) is 0 Å². The molecule has 0 aliphatic carbocycles. The van der Waals surface area contributed by atoms with Gasteiger partial charge in [0.2, 0.25) is 0 Å². The molecule has 0 fully saturated rings. The van der Waals surface area contributed by atoms with E-state index in [1.807, 2.05) is 0 Å². The summed E-state index contributed by atoms with van der Waals surface area (Å²) < 4.78 is 1.53. The number of rotatable bonds is 3. The van der Waals surface area contributed by atoms with Gasteiger partial charge in [-0.05, 0) is 12.1 Å². The van der Waals surface area contributed by atoms with Gasteiger partial charge >= 0.3 is 12.0 Å². The topological polar surface area (TPSA) is 109 Å². The van der Waals surface area contributed by atoms with E-state index >= 15 is 0 Å². The van der Waals surface area contributed by atoms with Crippen molar-refractivity contribution in [3.05, 3.63) is 36.4 Å². The molecule has 2 aromatic rings. The highest BCUT2D eigenvalue weighted by Crippen LogP contribution is 2.12. The Morgan fingerprint density at radius 2 is 2.16 bits per heavy atom. The number of aromatic carboxylic acids is 1. The van der Waals surface area contributed by atoms with Gasteiger partial charge < -0.3 is 15.7 Å². The van der Waals surface area contributed by atoms with Crippen LogP contribution < -0.4 is 10.6 Å². The number of hydrogen-bond acceptors (Lipinski definition) is 4. The molecule has 8 nitrogen and oxygen atoms in total. The van der Waals surface area contributed by atoms with Crippen LogP contribution in [0.25, 0.3) is 0 Å². The molecule has 0 saturated heterocycles. The SMILES string of the molecule is Cn1cc(NC(=O)Nc2cccnc2C(=O)O)cn1. The Morgan fingerprint density at radius 1 is 1.37 bits per heavy atom. The number of urea groups is 1. The summed E-state index contributed by atoms with van der Waals surface area (Å²) in [5, 5.41) is 17.8. The van der Waals surface area contributed by atoms with Gasteiger partial charge in [-0.1, -0.05) is 0 Å². The summed E-state index contributed by atoms with van der Waals surface area (Å²) in [7, 11) is 1.72. The summed E-state index contributed by atoms with van der Waals surface area (Å²) in [5.74, 6) is -1.21. The number of nitrogens with zero attached hydrogens (tertiary/aromatic N) is 3. The van der Waals surface area contributed by atoms with Crippen LogP contribution in [-0.2, 0) is 7.05 Å². The van der Waals surface area contributed by atoms with Crippen LogP contribution in [-0.4, -0.2) is 31.9 Å². The molecule has 0 spiro atoms. The number of aryl methyl sites for hydroxylation is 1. The van der Waals surface area contributed by atoms with Crippen molar-refractivity contribution in [3.63, 3.8) is 0 Å². The Kier molecular flexibility index (Phi) is 3.42. The van der Waals surface area contributed by atoms with Crippen molar-refractivity contribution in [1.29, 1.82) is 0 Å². The minimum absolute atomic E-state index is 0.122. The van der Waals surface area contributed by atoms with E-state index in [-0.39, 0.29) is 11.4 Å². The lowest BCUT2D eigenvalue weighted by Gasteiger charge is -2.07. The summed E-state index contributed by atoms with van der Waals surface area (Å²) in [6.45, 7) is 0. The second kappa shape index (κ2) is 5.17. The van der Waals surface area contributed by atoms with E-state index < -0.39 is 12.0 Å². The van der Waals surface area contributed by atoms with Crippen molar-refractivity contribution >= 4 is 23.4 Å². The van der Waals surface area contributed by atoms with Crippen LogP contribution >= 0.6 is 0 Å². The van der Waals surface area contributed by atoms with E-state index in [1.165, 1.54) is 29.2 Å². The van der Waals surface area contributed by atoms with E-state index in [0.717, 1.165) is 0 Å². The summed E-state index contributed by atoms with van der Waals surface area (Å²) >= 11 is 0.